The second-order valence-corrected chi connectivity index (χ2v) is 5.98. The van der Waals surface area contributed by atoms with E-state index in [0.29, 0.717) is 12.5 Å². The van der Waals surface area contributed by atoms with Gasteiger partial charge in [0.1, 0.15) is 0 Å². The van der Waals surface area contributed by atoms with E-state index in [1.54, 1.807) is 13.3 Å². The summed E-state index contributed by atoms with van der Waals surface area (Å²) in [7, 11) is 1.75. The number of carbonyl (C=O) groups is 1. The third-order valence-corrected chi connectivity index (χ3v) is 4.42. The minimum absolute atomic E-state index is 0.149. The largest absolute Gasteiger partial charge is 0.385 e. The number of hydrogen-bond donors (Lipinski definition) is 0. The number of fused-ring (bicyclic) bond motifs is 1. The molecule has 3 heterocycles. The van der Waals surface area contributed by atoms with Crippen LogP contribution in [-0.2, 0) is 11.3 Å². The molecular formula is C16H23N3O2. The Kier molecular flexibility index (Phi) is 4.51. The normalized spacial score (nSPS) is 22.0. The van der Waals surface area contributed by atoms with Gasteiger partial charge in [-0.2, -0.15) is 0 Å². The lowest BCUT2D eigenvalue weighted by Crippen LogP contribution is -2.31. The molecule has 0 aromatic carbocycles. The number of aromatic nitrogens is 1. The van der Waals surface area contributed by atoms with Gasteiger partial charge in [0.15, 0.2) is 0 Å². The highest BCUT2D eigenvalue weighted by Crippen LogP contribution is 2.24. The fourth-order valence-corrected chi connectivity index (χ4v) is 3.34. The van der Waals surface area contributed by atoms with Gasteiger partial charge in [0.2, 0.25) is 0 Å². The molecule has 114 valence electrons. The first kappa shape index (κ1) is 14.5. The molecule has 1 aromatic rings. The summed E-state index contributed by atoms with van der Waals surface area (Å²) < 4.78 is 5.10. The maximum atomic E-state index is 12.3. The van der Waals surface area contributed by atoms with E-state index in [4.69, 9.17) is 4.74 Å². The van der Waals surface area contributed by atoms with Gasteiger partial charge in [0, 0.05) is 39.5 Å². The summed E-state index contributed by atoms with van der Waals surface area (Å²) in [6, 6.07) is 3.73. The van der Waals surface area contributed by atoms with Gasteiger partial charge in [-0.3, -0.25) is 9.78 Å². The summed E-state index contributed by atoms with van der Waals surface area (Å²) in [6.45, 7) is 5.69. The van der Waals surface area contributed by atoms with Gasteiger partial charge in [-0.15, -0.1) is 0 Å². The van der Waals surface area contributed by atoms with Crippen LogP contribution in [0.5, 0.6) is 0 Å². The molecule has 0 bridgehead atoms. The monoisotopic (exact) mass is 289 g/mol. The standard InChI is InChI=1S/C16H23N3O2/c1-21-9-3-7-18-8-5-13(10-18)11-19-12-15-14(16(19)20)4-2-6-17-15/h2,4,6,13H,3,5,7-12H2,1H3. The second-order valence-electron chi connectivity index (χ2n) is 5.98. The van der Waals surface area contributed by atoms with E-state index in [0.717, 1.165) is 50.5 Å². The molecule has 2 aliphatic heterocycles. The molecule has 1 unspecified atom stereocenters. The molecular weight excluding hydrogens is 266 g/mol. The number of nitrogens with zero attached hydrogens (tertiary/aromatic N) is 3. The van der Waals surface area contributed by atoms with Crippen molar-refractivity contribution in [1.29, 1.82) is 0 Å². The summed E-state index contributed by atoms with van der Waals surface area (Å²) in [4.78, 5) is 21.1. The van der Waals surface area contributed by atoms with E-state index in [2.05, 4.69) is 9.88 Å². The average molecular weight is 289 g/mol. The molecule has 0 saturated carbocycles. The number of carbonyl (C=O) groups excluding carboxylic acids is 1. The molecule has 1 aromatic heterocycles. The van der Waals surface area contributed by atoms with Gasteiger partial charge in [0.25, 0.3) is 5.91 Å². The molecule has 0 aliphatic carbocycles. The van der Waals surface area contributed by atoms with Gasteiger partial charge in [0.05, 0.1) is 17.8 Å². The Balaban J connectivity index is 1.49. The van der Waals surface area contributed by atoms with Crippen molar-refractivity contribution in [2.75, 3.05) is 39.9 Å². The predicted molar refractivity (Wildman–Crippen MR) is 80.0 cm³/mol. The smallest absolute Gasteiger partial charge is 0.256 e. The number of pyridine rings is 1. The van der Waals surface area contributed by atoms with Crippen LogP contribution >= 0.6 is 0 Å². The van der Waals surface area contributed by atoms with Crippen LogP contribution < -0.4 is 0 Å². The van der Waals surface area contributed by atoms with Crippen molar-refractivity contribution in [3.8, 4) is 0 Å². The van der Waals surface area contributed by atoms with Crippen molar-refractivity contribution in [3.05, 3.63) is 29.6 Å². The Bertz CT molecular complexity index is 506. The predicted octanol–water partition coefficient (Wildman–Crippen LogP) is 1.40. The SMILES string of the molecule is COCCCN1CCC(CN2Cc3ncccc3C2=O)C1. The Hall–Kier alpha value is -1.46. The molecule has 1 amide bonds. The molecule has 21 heavy (non-hydrogen) atoms. The zero-order valence-electron chi connectivity index (χ0n) is 12.6. The van der Waals surface area contributed by atoms with Gasteiger partial charge < -0.3 is 14.5 Å². The molecule has 0 spiro atoms. The van der Waals surface area contributed by atoms with Crippen LogP contribution in [0.1, 0.15) is 28.9 Å². The van der Waals surface area contributed by atoms with Crippen molar-refractivity contribution in [3.63, 3.8) is 0 Å². The average Bonchev–Trinajstić information content (AvgIpc) is 3.06. The lowest BCUT2D eigenvalue weighted by molar-refractivity contribution is 0.0752. The molecule has 3 rings (SSSR count). The number of ether oxygens (including phenoxy) is 1. The maximum Gasteiger partial charge on any atom is 0.256 e. The van der Waals surface area contributed by atoms with E-state index >= 15 is 0 Å². The molecule has 1 saturated heterocycles. The zero-order valence-corrected chi connectivity index (χ0v) is 12.6. The number of hydrogen-bond acceptors (Lipinski definition) is 4. The van der Waals surface area contributed by atoms with Crippen molar-refractivity contribution in [2.24, 2.45) is 5.92 Å². The summed E-state index contributed by atoms with van der Waals surface area (Å²) >= 11 is 0. The quantitative estimate of drug-likeness (QED) is 0.743. The molecule has 0 N–H and O–H groups in total. The van der Waals surface area contributed by atoms with Crippen molar-refractivity contribution >= 4 is 5.91 Å². The molecule has 5 heteroatoms. The van der Waals surface area contributed by atoms with E-state index in [1.165, 1.54) is 6.42 Å². The first-order valence-electron chi connectivity index (χ1n) is 7.72. The van der Waals surface area contributed by atoms with Crippen LogP contribution in [-0.4, -0.2) is 60.6 Å². The third kappa shape index (κ3) is 3.24. The minimum atomic E-state index is 0.149. The number of amides is 1. The molecule has 1 fully saturated rings. The van der Waals surface area contributed by atoms with Crippen molar-refractivity contribution in [2.45, 2.75) is 19.4 Å². The van der Waals surface area contributed by atoms with E-state index < -0.39 is 0 Å². The minimum Gasteiger partial charge on any atom is -0.385 e. The molecule has 2 aliphatic rings. The Morgan fingerprint density at radius 3 is 3.19 bits per heavy atom. The highest BCUT2D eigenvalue weighted by Gasteiger charge is 2.32. The van der Waals surface area contributed by atoms with E-state index in [9.17, 15) is 4.79 Å². The first-order chi connectivity index (χ1) is 10.3. The van der Waals surface area contributed by atoms with Crippen LogP contribution in [0.25, 0.3) is 0 Å². The van der Waals surface area contributed by atoms with Crippen LogP contribution in [0.3, 0.4) is 0 Å². The van der Waals surface area contributed by atoms with Crippen molar-refractivity contribution < 1.29 is 9.53 Å². The van der Waals surface area contributed by atoms with Crippen LogP contribution in [0.4, 0.5) is 0 Å². The first-order valence-corrected chi connectivity index (χ1v) is 7.72. The number of likely N-dealkylation sites (tertiary alicyclic amines) is 1. The topological polar surface area (TPSA) is 45.7 Å². The maximum absolute atomic E-state index is 12.3. The van der Waals surface area contributed by atoms with Gasteiger partial charge in [-0.25, -0.2) is 0 Å². The lowest BCUT2D eigenvalue weighted by atomic mass is 10.1. The van der Waals surface area contributed by atoms with E-state index in [-0.39, 0.29) is 5.91 Å². The van der Waals surface area contributed by atoms with Gasteiger partial charge in [-0.05, 0) is 37.4 Å². The molecule has 0 radical (unpaired) electrons. The highest BCUT2D eigenvalue weighted by atomic mass is 16.5. The highest BCUT2D eigenvalue weighted by molar-refractivity contribution is 5.97. The summed E-state index contributed by atoms with van der Waals surface area (Å²) in [5.41, 5.74) is 1.71. The van der Waals surface area contributed by atoms with Crippen LogP contribution in [0, 0.1) is 5.92 Å². The van der Waals surface area contributed by atoms with Gasteiger partial charge >= 0.3 is 0 Å². The fourth-order valence-electron chi connectivity index (χ4n) is 3.34. The van der Waals surface area contributed by atoms with Crippen molar-refractivity contribution in [1.82, 2.24) is 14.8 Å². The van der Waals surface area contributed by atoms with Crippen LogP contribution in [0.15, 0.2) is 18.3 Å². The molecule has 1 atom stereocenters. The number of rotatable bonds is 6. The Labute approximate surface area is 125 Å². The number of methoxy groups -OCH3 is 1. The van der Waals surface area contributed by atoms with Crippen LogP contribution in [0.2, 0.25) is 0 Å². The fraction of sp³-hybridized carbons (Fsp3) is 0.625. The molecule has 5 nitrogen and oxygen atoms in total. The lowest BCUT2D eigenvalue weighted by Gasteiger charge is -2.21. The summed E-state index contributed by atoms with van der Waals surface area (Å²) in [6.07, 6.45) is 4.03. The van der Waals surface area contributed by atoms with E-state index in [1.807, 2.05) is 17.0 Å². The Morgan fingerprint density at radius 2 is 2.38 bits per heavy atom. The third-order valence-electron chi connectivity index (χ3n) is 4.42. The Morgan fingerprint density at radius 1 is 1.48 bits per heavy atom. The summed E-state index contributed by atoms with van der Waals surface area (Å²) in [5, 5.41) is 0. The summed E-state index contributed by atoms with van der Waals surface area (Å²) in [5.74, 6) is 0.738. The van der Waals surface area contributed by atoms with Gasteiger partial charge in [-0.1, -0.05) is 0 Å². The zero-order chi connectivity index (χ0) is 14.7. The second kappa shape index (κ2) is 6.54.